The van der Waals surface area contributed by atoms with Crippen LogP contribution in [0.3, 0.4) is 0 Å². The highest BCUT2D eigenvalue weighted by atomic mass is 16.6. The van der Waals surface area contributed by atoms with Gasteiger partial charge >= 0.3 is 5.88 Å². The number of hydrogen-bond donors (Lipinski definition) is 2. The van der Waals surface area contributed by atoms with E-state index in [1.807, 2.05) is 0 Å². The highest BCUT2D eigenvalue weighted by Gasteiger charge is 2.17. The molecule has 1 fully saturated rings. The SMILES string of the molecule is O=C(NCCN1CCNCC1)c1ccc([N+](=O)[O-])o1. The van der Waals surface area contributed by atoms with Gasteiger partial charge in [-0.2, -0.15) is 0 Å². The Morgan fingerprint density at radius 2 is 2.21 bits per heavy atom. The van der Waals surface area contributed by atoms with Crippen molar-refractivity contribution in [3.8, 4) is 0 Å². The van der Waals surface area contributed by atoms with Gasteiger partial charge in [0.25, 0.3) is 5.91 Å². The number of rotatable bonds is 5. The van der Waals surface area contributed by atoms with Crippen LogP contribution < -0.4 is 10.6 Å². The Labute approximate surface area is 109 Å². The average Bonchev–Trinajstić information content (AvgIpc) is 2.89. The van der Waals surface area contributed by atoms with Gasteiger partial charge in [0, 0.05) is 39.3 Å². The third-order valence-corrected chi connectivity index (χ3v) is 2.92. The summed E-state index contributed by atoms with van der Waals surface area (Å²) in [5.74, 6) is -0.887. The maximum Gasteiger partial charge on any atom is 0.433 e. The van der Waals surface area contributed by atoms with E-state index in [1.165, 1.54) is 12.1 Å². The summed E-state index contributed by atoms with van der Waals surface area (Å²) in [6.45, 7) is 5.09. The maximum absolute atomic E-state index is 11.7. The number of piperazine rings is 1. The fourth-order valence-corrected chi connectivity index (χ4v) is 1.90. The van der Waals surface area contributed by atoms with Gasteiger partial charge < -0.3 is 15.1 Å². The van der Waals surface area contributed by atoms with Crippen molar-refractivity contribution >= 4 is 11.8 Å². The van der Waals surface area contributed by atoms with Crippen LogP contribution in [0, 0.1) is 10.1 Å². The number of amides is 1. The Morgan fingerprint density at radius 3 is 2.84 bits per heavy atom. The van der Waals surface area contributed by atoms with Crippen LogP contribution in [0.1, 0.15) is 10.6 Å². The molecule has 0 bridgehead atoms. The van der Waals surface area contributed by atoms with Crippen LogP contribution in [0.5, 0.6) is 0 Å². The molecule has 1 aromatic rings. The van der Waals surface area contributed by atoms with E-state index in [-0.39, 0.29) is 5.76 Å². The van der Waals surface area contributed by atoms with Gasteiger partial charge in [0.05, 0.1) is 6.07 Å². The molecule has 0 saturated carbocycles. The molecule has 2 rings (SSSR count). The second kappa shape index (κ2) is 6.30. The van der Waals surface area contributed by atoms with Crippen molar-refractivity contribution in [3.63, 3.8) is 0 Å². The first-order valence-corrected chi connectivity index (χ1v) is 6.12. The summed E-state index contributed by atoms with van der Waals surface area (Å²) in [7, 11) is 0. The van der Waals surface area contributed by atoms with Crippen molar-refractivity contribution in [2.45, 2.75) is 0 Å². The summed E-state index contributed by atoms with van der Waals surface area (Å²) in [6.07, 6.45) is 0. The summed E-state index contributed by atoms with van der Waals surface area (Å²) in [6, 6.07) is 2.48. The molecule has 0 radical (unpaired) electrons. The van der Waals surface area contributed by atoms with E-state index in [9.17, 15) is 14.9 Å². The molecule has 2 N–H and O–H groups in total. The minimum atomic E-state index is -0.669. The fraction of sp³-hybridized carbons (Fsp3) is 0.545. The van der Waals surface area contributed by atoms with E-state index in [1.54, 1.807) is 0 Å². The lowest BCUT2D eigenvalue weighted by molar-refractivity contribution is -0.402. The van der Waals surface area contributed by atoms with E-state index >= 15 is 0 Å². The zero-order chi connectivity index (χ0) is 13.7. The smallest absolute Gasteiger partial charge is 0.395 e. The summed E-state index contributed by atoms with van der Waals surface area (Å²) < 4.78 is 4.81. The monoisotopic (exact) mass is 268 g/mol. The molecular weight excluding hydrogens is 252 g/mol. The van der Waals surface area contributed by atoms with Crippen LogP contribution in [0.25, 0.3) is 0 Å². The number of carbonyl (C=O) groups is 1. The molecule has 0 atom stereocenters. The van der Waals surface area contributed by atoms with E-state index in [4.69, 9.17) is 4.42 Å². The van der Waals surface area contributed by atoms with Crippen molar-refractivity contribution in [1.82, 2.24) is 15.5 Å². The minimum absolute atomic E-state index is 0.0352. The van der Waals surface area contributed by atoms with E-state index in [0.29, 0.717) is 6.54 Å². The van der Waals surface area contributed by atoms with Crippen molar-refractivity contribution < 1.29 is 14.1 Å². The minimum Gasteiger partial charge on any atom is -0.395 e. The second-order valence-electron chi connectivity index (χ2n) is 4.24. The van der Waals surface area contributed by atoms with Gasteiger partial charge in [-0.15, -0.1) is 0 Å². The summed E-state index contributed by atoms with van der Waals surface area (Å²) >= 11 is 0. The lowest BCUT2D eigenvalue weighted by Gasteiger charge is -2.26. The van der Waals surface area contributed by atoms with E-state index in [2.05, 4.69) is 15.5 Å². The number of hydrogen-bond acceptors (Lipinski definition) is 6. The highest BCUT2D eigenvalue weighted by molar-refractivity contribution is 5.91. The van der Waals surface area contributed by atoms with Crippen LogP contribution in [-0.2, 0) is 0 Å². The standard InChI is InChI=1S/C11H16N4O4/c16-11(9-1-2-10(19-9)15(17)18)13-5-8-14-6-3-12-4-7-14/h1-2,12H,3-8H2,(H,13,16). The molecule has 0 spiro atoms. The van der Waals surface area contributed by atoms with Crippen molar-refractivity contribution in [3.05, 3.63) is 28.0 Å². The Morgan fingerprint density at radius 1 is 1.47 bits per heavy atom. The predicted molar refractivity (Wildman–Crippen MR) is 67.0 cm³/mol. The predicted octanol–water partition coefficient (Wildman–Crippen LogP) is -0.177. The van der Waals surface area contributed by atoms with Gasteiger partial charge in [-0.3, -0.25) is 19.8 Å². The van der Waals surface area contributed by atoms with E-state index in [0.717, 1.165) is 32.7 Å². The molecule has 19 heavy (non-hydrogen) atoms. The second-order valence-corrected chi connectivity index (χ2v) is 4.24. The zero-order valence-corrected chi connectivity index (χ0v) is 10.4. The molecule has 1 aliphatic rings. The Kier molecular flexibility index (Phi) is 4.48. The molecule has 0 aromatic carbocycles. The quantitative estimate of drug-likeness (QED) is 0.567. The van der Waals surface area contributed by atoms with Gasteiger partial charge in [-0.1, -0.05) is 0 Å². The number of nitrogens with one attached hydrogen (secondary N) is 2. The zero-order valence-electron chi connectivity index (χ0n) is 10.4. The molecule has 2 heterocycles. The number of carbonyl (C=O) groups excluding carboxylic acids is 1. The van der Waals surface area contributed by atoms with Crippen molar-refractivity contribution in [1.29, 1.82) is 0 Å². The Balaban J connectivity index is 1.75. The largest absolute Gasteiger partial charge is 0.433 e. The first-order chi connectivity index (χ1) is 9.16. The fourth-order valence-electron chi connectivity index (χ4n) is 1.90. The Hall–Kier alpha value is -1.93. The normalized spacial score (nSPS) is 16.2. The number of nitro groups is 1. The molecule has 1 aromatic heterocycles. The maximum atomic E-state index is 11.7. The lowest BCUT2D eigenvalue weighted by atomic mass is 10.3. The molecule has 0 aliphatic carbocycles. The third-order valence-electron chi connectivity index (χ3n) is 2.92. The molecule has 104 valence electrons. The topological polar surface area (TPSA) is 101 Å². The lowest BCUT2D eigenvalue weighted by Crippen LogP contribution is -2.46. The summed E-state index contributed by atoms with van der Waals surface area (Å²) in [5, 5.41) is 16.4. The highest BCUT2D eigenvalue weighted by Crippen LogP contribution is 2.15. The van der Waals surface area contributed by atoms with Crippen LogP contribution in [0.4, 0.5) is 5.88 Å². The van der Waals surface area contributed by atoms with E-state index < -0.39 is 16.7 Å². The molecule has 1 saturated heterocycles. The molecular formula is C11H16N4O4. The average molecular weight is 268 g/mol. The molecule has 1 aliphatic heterocycles. The first kappa shape index (κ1) is 13.5. The van der Waals surface area contributed by atoms with Crippen LogP contribution in [0.2, 0.25) is 0 Å². The number of furan rings is 1. The molecule has 8 heteroatoms. The van der Waals surface area contributed by atoms with Gasteiger partial charge in [-0.25, -0.2) is 0 Å². The van der Waals surface area contributed by atoms with Gasteiger partial charge in [-0.05, 0) is 6.07 Å². The van der Waals surface area contributed by atoms with Gasteiger partial charge in [0.15, 0.2) is 5.76 Å². The molecule has 8 nitrogen and oxygen atoms in total. The molecule has 0 unspecified atom stereocenters. The summed E-state index contributed by atoms with van der Waals surface area (Å²) in [4.78, 5) is 23.7. The third kappa shape index (κ3) is 3.76. The van der Waals surface area contributed by atoms with Crippen molar-refractivity contribution in [2.24, 2.45) is 0 Å². The first-order valence-electron chi connectivity index (χ1n) is 6.12. The van der Waals surface area contributed by atoms with Crippen LogP contribution in [0.15, 0.2) is 16.5 Å². The van der Waals surface area contributed by atoms with Crippen molar-refractivity contribution in [2.75, 3.05) is 39.3 Å². The Bertz CT molecular complexity index is 453. The van der Waals surface area contributed by atoms with Crippen LogP contribution >= 0.6 is 0 Å². The number of nitrogens with zero attached hydrogens (tertiary/aromatic N) is 2. The van der Waals surface area contributed by atoms with Gasteiger partial charge in [0.1, 0.15) is 4.92 Å². The van der Waals surface area contributed by atoms with Crippen LogP contribution in [-0.4, -0.2) is 55.0 Å². The van der Waals surface area contributed by atoms with Gasteiger partial charge in [0.2, 0.25) is 0 Å². The summed E-state index contributed by atoms with van der Waals surface area (Å²) in [5.41, 5.74) is 0. The molecule has 1 amide bonds.